The molecule has 104 valence electrons. The minimum absolute atomic E-state index is 0.187. The quantitative estimate of drug-likeness (QED) is 0.870. The molecule has 1 aromatic rings. The number of hydrogen-bond acceptors (Lipinski definition) is 4. The van der Waals surface area contributed by atoms with E-state index in [-0.39, 0.29) is 5.56 Å². The van der Waals surface area contributed by atoms with Crippen molar-refractivity contribution >= 4 is 5.97 Å². The topological polar surface area (TPSA) is 75.1 Å². The Kier molecular flexibility index (Phi) is 4.47. The molecule has 1 aliphatic carbocycles. The summed E-state index contributed by atoms with van der Waals surface area (Å²) < 4.78 is 0. The van der Waals surface area contributed by atoms with Crippen molar-refractivity contribution in [3.05, 3.63) is 23.8 Å². The highest BCUT2D eigenvalue weighted by atomic mass is 16.4. The first kappa shape index (κ1) is 13.9. The summed E-state index contributed by atoms with van der Waals surface area (Å²) in [6.07, 6.45) is 6.37. The molecular formula is C14H21N3O2. The molecule has 1 aliphatic rings. The molecule has 1 heterocycles. The van der Waals surface area contributed by atoms with Crippen LogP contribution in [0, 0.1) is 11.8 Å². The van der Waals surface area contributed by atoms with Gasteiger partial charge in [0.05, 0.1) is 5.69 Å². The summed E-state index contributed by atoms with van der Waals surface area (Å²) in [6.45, 7) is 5.04. The second kappa shape index (κ2) is 6.10. The predicted molar refractivity (Wildman–Crippen MR) is 71.8 cm³/mol. The number of nitrogens with zero attached hydrogens (tertiary/aromatic N) is 2. The highest BCUT2D eigenvalue weighted by Crippen LogP contribution is 2.28. The van der Waals surface area contributed by atoms with E-state index in [1.54, 1.807) is 0 Å². The summed E-state index contributed by atoms with van der Waals surface area (Å²) in [6, 6.07) is 0.452. The monoisotopic (exact) mass is 263 g/mol. The molecule has 2 N–H and O–H groups in total. The van der Waals surface area contributed by atoms with Crippen molar-refractivity contribution in [3.63, 3.8) is 0 Å². The molecule has 0 aromatic carbocycles. The first-order valence-corrected chi connectivity index (χ1v) is 6.83. The largest absolute Gasteiger partial charge is 0.478 e. The molecule has 3 atom stereocenters. The van der Waals surface area contributed by atoms with Crippen LogP contribution in [0.5, 0.6) is 0 Å². The normalized spacial score (nSPS) is 27.2. The Morgan fingerprint density at radius 3 is 2.95 bits per heavy atom. The van der Waals surface area contributed by atoms with Crippen LogP contribution < -0.4 is 5.32 Å². The Morgan fingerprint density at radius 1 is 1.47 bits per heavy atom. The van der Waals surface area contributed by atoms with Gasteiger partial charge in [0.15, 0.2) is 0 Å². The van der Waals surface area contributed by atoms with Crippen LogP contribution in [-0.4, -0.2) is 27.1 Å². The van der Waals surface area contributed by atoms with Crippen LogP contribution >= 0.6 is 0 Å². The third kappa shape index (κ3) is 3.50. The van der Waals surface area contributed by atoms with Gasteiger partial charge in [0, 0.05) is 18.8 Å². The van der Waals surface area contributed by atoms with Crippen LogP contribution in [0.25, 0.3) is 0 Å². The maximum Gasteiger partial charge on any atom is 0.339 e. The molecule has 0 bridgehead atoms. The lowest BCUT2D eigenvalue weighted by atomic mass is 9.80. The van der Waals surface area contributed by atoms with Crippen LogP contribution in [0.15, 0.2) is 12.5 Å². The summed E-state index contributed by atoms with van der Waals surface area (Å²) in [5.74, 6) is 0.447. The van der Waals surface area contributed by atoms with E-state index in [9.17, 15) is 4.79 Å². The Morgan fingerprint density at radius 2 is 2.26 bits per heavy atom. The van der Waals surface area contributed by atoms with E-state index in [1.165, 1.54) is 25.4 Å². The summed E-state index contributed by atoms with van der Waals surface area (Å²) in [5, 5.41) is 12.5. The smallest absolute Gasteiger partial charge is 0.339 e. The van der Waals surface area contributed by atoms with Gasteiger partial charge in [0.25, 0.3) is 0 Å². The Hall–Kier alpha value is -1.49. The molecule has 2 rings (SSSR count). The molecule has 1 saturated carbocycles. The molecule has 0 aliphatic heterocycles. The summed E-state index contributed by atoms with van der Waals surface area (Å²) >= 11 is 0. The number of hydrogen-bond donors (Lipinski definition) is 2. The standard InChI is InChI=1S/C14H21N3O2/c1-9-3-4-12(10(2)5-9)16-7-13-11(14(18)19)6-15-8-17-13/h6,8-10,12,16H,3-5,7H2,1-2H3,(H,18,19). The van der Waals surface area contributed by atoms with E-state index >= 15 is 0 Å². The van der Waals surface area contributed by atoms with Gasteiger partial charge in [-0.1, -0.05) is 13.8 Å². The van der Waals surface area contributed by atoms with E-state index < -0.39 is 5.97 Å². The molecule has 5 nitrogen and oxygen atoms in total. The molecule has 5 heteroatoms. The van der Waals surface area contributed by atoms with E-state index in [1.807, 2.05) is 0 Å². The summed E-state index contributed by atoms with van der Waals surface area (Å²) in [7, 11) is 0. The van der Waals surface area contributed by atoms with E-state index in [0.717, 1.165) is 12.3 Å². The van der Waals surface area contributed by atoms with Gasteiger partial charge in [-0.3, -0.25) is 0 Å². The summed E-state index contributed by atoms with van der Waals surface area (Å²) in [5.41, 5.74) is 0.750. The maximum absolute atomic E-state index is 11.1. The van der Waals surface area contributed by atoms with Crippen molar-refractivity contribution in [1.29, 1.82) is 0 Å². The Labute approximate surface area is 113 Å². The zero-order valence-electron chi connectivity index (χ0n) is 11.5. The highest BCUT2D eigenvalue weighted by Gasteiger charge is 2.25. The van der Waals surface area contributed by atoms with Gasteiger partial charge in [-0.15, -0.1) is 0 Å². The first-order valence-electron chi connectivity index (χ1n) is 6.83. The van der Waals surface area contributed by atoms with Crippen molar-refractivity contribution in [2.75, 3.05) is 0 Å². The predicted octanol–water partition coefficient (Wildman–Crippen LogP) is 2.09. The maximum atomic E-state index is 11.1. The fourth-order valence-electron chi connectivity index (χ4n) is 2.87. The minimum atomic E-state index is -0.970. The minimum Gasteiger partial charge on any atom is -0.478 e. The molecule has 0 radical (unpaired) electrons. The lowest BCUT2D eigenvalue weighted by Gasteiger charge is -2.33. The van der Waals surface area contributed by atoms with Crippen LogP contribution in [0.3, 0.4) is 0 Å². The number of aromatic carboxylic acids is 1. The number of nitrogens with one attached hydrogen (secondary N) is 1. The van der Waals surface area contributed by atoms with Crippen molar-refractivity contribution < 1.29 is 9.90 Å². The van der Waals surface area contributed by atoms with Gasteiger partial charge in [-0.25, -0.2) is 14.8 Å². The van der Waals surface area contributed by atoms with E-state index in [4.69, 9.17) is 5.11 Å². The lowest BCUT2D eigenvalue weighted by Crippen LogP contribution is -2.39. The number of aromatic nitrogens is 2. The Bertz CT molecular complexity index is 450. The molecule has 3 unspecified atom stereocenters. The van der Waals surface area contributed by atoms with Crippen LogP contribution in [0.4, 0.5) is 0 Å². The number of rotatable bonds is 4. The molecule has 0 saturated heterocycles. The van der Waals surface area contributed by atoms with E-state index in [2.05, 4.69) is 29.1 Å². The van der Waals surface area contributed by atoms with Crippen molar-refractivity contribution in [3.8, 4) is 0 Å². The fourth-order valence-corrected chi connectivity index (χ4v) is 2.87. The molecule has 0 amide bonds. The molecule has 1 fully saturated rings. The number of carboxylic acids is 1. The lowest BCUT2D eigenvalue weighted by molar-refractivity contribution is 0.0694. The van der Waals surface area contributed by atoms with Gasteiger partial charge in [0.2, 0.25) is 0 Å². The SMILES string of the molecule is CC1CCC(NCc2ncncc2C(=O)O)C(C)C1. The van der Waals surface area contributed by atoms with Crippen LogP contribution in [-0.2, 0) is 6.54 Å². The summed E-state index contributed by atoms with van der Waals surface area (Å²) in [4.78, 5) is 18.9. The molecule has 0 spiro atoms. The first-order chi connectivity index (χ1) is 9.08. The molecular weight excluding hydrogens is 242 g/mol. The second-order valence-electron chi connectivity index (χ2n) is 5.57. The zero-order chi connectivity index (χ0) is 13.8. The van der Waals surface area contributed by atoms with Crippen molar-refractivity contribution in [2.45, 2.75) is 45.7 Å². The van der Waals surface area contributed by atoms with Crippen molar-refractivity contribution in [1.82, 2.24) is 15.3 Å². The zero-order valence-corrected chi connectivity index (χ0v) is 11.5. The number of carboxylic acid groups (broad SMARTS) is 1. The van der Waals surface area contributed by atoms with Gasteiger partial charge in [-0.05, 0) is 31.1 Å². The Balaban J connectivity index is 1.97. The fraction of sp³-hybridized carbons (Fsp3) is 0.643. The molecule has 1 aromatic heterocycles. The van der Waals surface area contributed by atoms with E-state index in [0.29, 0.717) is 24.2 Å². The average Bonchev–Trinajstić information content (AvgIpc) is 2.38. The van der Waals surface area contributed by atoms with Crippen LogP contribution in [0.1, 0.15) is 49.2 Å². The number of carbonyl (C=O) groups is 1. The van der Waals surface area contributed by atoms with Crippen LogP contribution in [0.2, 0.25) is 0 Å². The van der Waals surface area contributed by atoms with Gasteiger partial charge in [0.1, 0.15) is 11.9 Å². The third-order valence-electron chi connectivity index (χ3n) is 3.99. The van der Waals surface area contributed by atoms with Gasteiger partial charge in [-0.2, -0.15) is 0 Å². The van der Waals surface area contributed by atoms with Gasteiger partial charge >= 0.3 is 5.97 Å². The second-order valence-corrected chi connectivity index (χ2v) is 5.57. The molecule has 19 heavy (non-hydrogen) atoms. The highest BCUT2D eigenvalue weighted by molar-refractivity contribution is 5.88. The third-order valence-corrected chi connectivity index (χ3v) is 3.99. The van der Waals surface area contributed by atoms with Gasteiger partial charge < -0.3 is 10.4 Å². The average molecular weight is 263 g/mol. The van der Waals surface area contributed by atoms with Crippen molar-refractivity contribution in [2.24, 2.45) is 11.8 Å².